The molecule has 102 valence electrons. The highest BCUT2D eigenvalue weighted by atomic mass is 35.7. The number of hydrogen-bond acceptors (Lipinski definition) is 4. The molecular formula is C11H11ClN2O4S. The number of carbonyl (C=O) groups excluding carboxylic acids is 1. The molecule has 0 aliphatic carbocycles. The monoisotopic (exact) mass is 302 g/mol. The lowest BCUT2D eigenvalue weighted by atomic mass is 10.2. The van der Waals surface area contributed by atoms with Crippen molar-refractivity contribution in [2.24, 2.45) is 5.73 Å². The van der Waals surface area contributed by atoms with Crippen molar-refractivity contribution in [3.63, 3.8) is 0 Å². The Balaban J connectivity index is 2.85. The normalized spacial score (nSPS) is 11.7. The van der Waals surface area contributed by atoms with Gasteiger partial charge in [-0.1, -0.05) is 6.07 Å². The van der Waals surface area contributed by atoms with Gasteiger partial charge < -0.3 is 15.0 Å². The third-order valence-corrected chi connectivity index (χ3v) is 3.98. The number of methoxy groups -OCH3 is 1. The van der Waals surface area contributed by atoms with Gasteiger partial charge in [0.15, 0.2) is 0 Å². The van der Waals surface area contributed by atoms with Gasteiger partial charge in [-0.25, -0.2) is 8.42 Å². The minimum Gasteiger partial charge on any atom is -0.496 e. The van der Waals surface area contributed by atoms with E-state index in [0.717, 1.165) is 0 Å². The van der Waals surface area contributed by atoms with E-state index in [9.17, 15) is 13.2 Å². The molecule has 0 radical (unpaired) electrons. The molecule has 1 aromatic heterocycles. The zero-order valence-corrected chi connectivity index (χ0v) is 11.5. The molecule has 8 heteroatoms. The third-order valence-electron chi connectivity index (χ3n) is 2.64. The van der Waals surface area contributed by atoms with Crippen LogP contribution in [0.15, 0.2) is 29.3 Å². The minimum atomic E-state index is -3.96. The van der Waals surface area contributed by atoms with Gasteiger partial charge in [-0.05, 0) is 12.1 Å². The van der Waals surface area contributed by atoms with E-state index < -0.39 is 15.0 Å². The zero-order valence-electron chi connectivity index (χ0n) is 9.96. The van der Waals surface area contributed by atoms with Crippen LogP contribution in [0.3, 0.4) is 0 Å². The van der Waals surface area contributed by atoms with Gasteiger partial charge in [0, 0.05) is 16.9 Å². The Labute approximate surface area is 114 Å². The number of nitrogens with two attached hydrogens (primary N) is 1. The number of amides is 1. The number of hydrogen-bond donors (Lipinski definition) is 1. The molecule has 2 rings (SSSR count). The first kappa shape index (κ1) is 13.7. The van der Waals surface area contributed by atoms with Crippen LogP contribution in [0.25, 0.3) is 10.9 Å². The van der Waals surface area contributed by atoms with Gasteiger partial charge in [-0.15, -0.1) is 0 Å². The molecule has 0 unspecified atom stereocenters. The summed E-state index contributed by atoms with van der Waals surface area (Å²) >= 11 is 0. The number of halogens is 1. The molecule has 0 fully saturated rings. The van der Waals surface area contributed by atoms with E-state index in [2.05, 4.69) is 0 Å². The van der Waals surface area contributed by atoms with E-state index in [1.165, 1.54) is 17.9 Å². The van der Waals surface area contributed by atoms with Crippen molar-refractivity contribution in [3.05, 3.63) is 24.4 Å². The van der Waals surface area contributed by atoms with Gasteiger partial charge in [0.05, 0.1) is 18.0 Å². The van der Waals surface area contributed by atoms with E-state index in [0.29, 0.717) is 16.7 Å². The fourth-order valence-corrected chi connectivity index (χ4v) is 2.99. The van der Waals surface area contributed by atoms with Crippen molar-refractivity contribution in [3.8, 4) is 5.75 Å². The molecule has 0 atom stereocenters. The number of primary amides is 1. The number of ether oxygens (including phenoxy) is 1. The van der Waals surface area contributed by atoms with Gasteiger partial charge in [-0.2, -0.15) is 0 Å². The number of benzene rings is 1. The van der Waals surface area contributed by atoms with Crippen LogP contribution in [0, 0.1) is 0 Å². The Kier molecular flexibility index (Phi) is 3.42. The first-order valence-corrected chi connectivity index (χ1v) is 7.54. The fraction of sp³-hybridized carbons (Fsp3) is 0.182. The topological polar surface area (TPSA) is 91.4 Å². The van der Waals surface area contributed by atoms with Crippen LogP contribution in [-0.4, -0.2) is 26.0 Å². The molecule has 19 heavy (non-hydrogen) atoms. The molecule has 1 amide bonds. The average molecular weight is 303 g/mol. The molecule has 6 nitrogen and oxygen atoms in total. The van der Waals surface area contributed by atoms with Crippen LogP contribution in [0.1, 0.15) is 0 Å². The lowest BCUT2D eigenvalue weighted by Gasteiger charge is -2.04. The second-order valence-corrected chi connectivity index (χ2v) is 6.41. The maximum atomic E-state index is 11.6. The number of rotatable bonds is 4. The summed E-state index contributed by atoms with van der Waals surface area (Å²) in [5.41, 5.74) is 5.64. The summed E-state index contributed by atoms with van der Waals surface area (Å²) in [7, 11) is 2.87. The molecule has 0 saturated heterocycles. The van der Waals surface area contributed by atoms with Gasteiger partial charge in [0.1, 0.15) is 17.2 Å². The number of aromatic nitrogens is 1. The number of nitrogens with zero attached hydrogens (tertiary/aromatic N) is 1. The number of carbonyl (C=O) groups is 1. The molecule has 0 bridgehead atoms. The summed E-state index contributed by atoms with van der Waals surface area (Å²) in [6.45, 7) is -0.143. The smallest absolute Gasteiger partial charge is 0.263 e. The van der Waals surface area contributed by atoms with Crippen molar-refractivity contribution in [1.82, 2.24) is 4.57 Å². The Bertz CT molecular complexity index is 751. The molecule has 0 spiro atoms. The van der Waals surface area contributed by atoms with Crippen molar-refractivity contribution in [1.29, 1.82) is 0 Å². The quantitative estimate of drug-likeness (QED) is 0.855. The summed E-state index contributed by atoms with van der Waals surface area (Å²) in [5.74, 6) is -0.224. The van der Waals surface area contributed by atoms with Crippen molar-refractivity contribution < 1.29 is 17.9 Å². The van der Waals surface area contributed by atoms with Gasteiger partial charge in [0.2, 0.25) is 5.91 Å². The highest BCUT2D eigenvalue weighted by Gasteiger charge is 2.22. The van der Waals surface area contributed by atoms with E-state index in [4.69, 9.17) is 21.2 Å². The Hall–Kier alpha value is -1.73. The van der Waals surface area contributed by atoms with E-state index >= 15 is 0 Å². The molecule has 0 saturated carbocycles. The summed E-state index contributed by atoms with van der Waals surface area (Å²) in [6.07, 6.45) is 1.28. The predicted octanol–water partition coefficient (Wildman–Crippen LogP) is 1.06. The largest absolute Gasteiger partial charge is 0.496 e. The zero-order chi connectivity index (χ0) is 14.2. The lowest BCUT2D eigenvalue weighted by molar-refractivity contribution is -0.118. The Morgan fingerprint density at radius 3 is 2.68 bits per heavy atom. The molecule has 1 aromatic carbocycles. The summed E-state index contributed by atoms with van der Waals surface area (Å²) in [5, 5.41) is 0.334. The van der Waals surface area contributed by atoms with Crippen LogP contribution in [0.5, 0.6) is 5.75 Å². The standard InChI is InChI=1S/C11H11ClN2O4S/c1-18-8-4-2-3-7-11(8)9(19(12,16)17)5-14(7)6-10(13)15/h2-5H,6H2,1H3,(H2,13,15). The first-order chi connectivity index (χ1) is 8.84. The van der Waals surface area contributed by atoms with Gasteiger partial charge in [-0.3, -0.25) is 4.79 Å². The highest BCUT2D eigenvalue weighted by Crippen LogP contribution is 2.34. The van der Waals surface area contributed by atoms with Crippen LogP contribution in [0.4, 0.5) is 0 Å². The van der Waals surface area contributed by atoms with Gasteiger partial charge >= 0.3 is 0 Å². The minimum absolute atomic E-state index is 0.108. The maximum absolute atomic E-state index is 11.6. The fourth-order valence-electron chi connectivity index (χ4n) is 1.94. The maximum Gasteiger partial charge on any atom is 0.263 e. The molecule has 1 heterocycles. The predicted molar refractivity (Wildman–Crippen MR) is 70.7 cm³/mol. The Morgan fingerprint density at radius 1 is 1.47 bits per heavy atom. The summed E-state index contributed by atoms with van der Waals surface area (Å²) in [6, 6.07) is 4.96. The molecule has 2 aromatic rings. The van der Waals surface area contributed by atoms with Crippen molar-refractivity contribution in [2.45, 2.75) is 11.4 Å². The van der Waals surface area contributed by atoms with E-state index in [1.807, 2.05) is 0 Å². The van der Waals surface area contributed by atoms with Gasteiger partial charge in [0.25, 0.3) is 9.05 Å². The van der Waals surface area contributed by atoms with Crippen LogP contribution < -0.4 is 10.5 Å². The summed E-state index contributed by atoms with van der Waals surface area (Å²) in [4.78, 5) is 10.9. The molecule has 0 aliphatic heterocycles. The molecule has 0 aliphatic rings. The third kappa shape index (κ3) is 2.52. The van der Waals surface area contributed by atoms with E-state index in [1.54, 1.807) is 18.2 Å². The highest BCUT2D eigenvalue weighted by molar-refractivity contribution is 8.14. The first-order valence-electron chi connectivity index (χ1n) is 5.23. The second-order valence-electron chi connectivity index (χ2n) is 3.88. The summed E-state index contributed by atoms with van der Waals surface area (Å²) < 4.78 is 29.7. The van der Waals surface area contributed by atoms with Crippen LogP contribution in [0.2, 0.25) is 0 Å². The lowest BCUT2D eigenvalue weighted by Crippen LogP contribution is -2.17. The second kappa shape index (κ2) is 4.75. The molecule has 2 N–H and O–H groups in total. The molecular weight excluding hydrogens is 292 g/mol. The van der Waals surface area contributed by atoms with Crippen LogP contribution >= 0.6 is 10.7 Å². The van der Waals surface area contributed by atoms with Crippen molar-refractivity contribution in [2.75, 3.05) is 7.11 Å². The SMILES string of the molecule is COc1cccc2c1c(S(=O)(=O)Cl)cn2CC(N)=O. The average Bonchev–Trinajstić information content (AvgIpc) is 2.67. The van der Waals surface area contributed by atoms with E-state index in [-0.39, 0.29) is 11.4 Å². The van der Waals surface area contributed by atoms with Crippen molar-refractivity contribution >= 4 is 36.5 Å². The Morgan fingerprint density at radius 2 is 2.16 bits per heavy atom. The number of fused-ring (bicyclic) bond motifs is 1. The van der Waals surface area contributed by atoms with Crippen LogP contribution in [-0.2, 0) is 20.4 Å².